The molecule has 2 heterocycles. The summed E-state index contributed by atoms with van der Waals surface area (Å²) in [6, 6.07) is 23.5. The molecule has 196 valence electrons. The Morgan fingerprint density at radius 1 is 1.08 bits per heavy atom. The van der Waals surface area contributed by atoms with Gasteiger partial charge < -0.3 is 9.30 Å². The van der Waals surface area contributed by atoms with E-state index in [0.29, 0.717) is 21.9 Å². The van der Waals surface area contributed by atoms with Gasteiger partial charge in [0.25, 0.3) is 11.6 Å². The van der Waals surface area contributed by atoms with Crippen molar-refractivity contribution in [1.29, 1.82) is 0 Å². The van der Waals surface area contributed by atoms with Crippen LogP contribution in [0, 0.1) is 24.0 Å². The highest BCUT2D eigenvalue weighted by atomic mass is 35.5. The Morgan fingerprint density at radius 2 is 1.82 bits per heavy atom. The van der Waals surface area contributed by atoms with Crippen LogP contribution >= 0.6 is 22.9 Å². The van der Waals surface area contributed by atoms with Gasteiger partial charge in [-0.2, -0.15) is 5.10 Å². The van der Waals surface area contributed by atoms with E-state index in [9.17, 15) is 14.9 Å². The molecule has 0 radical (unpaired) electrons. The number of amides is 1. The Kier molecular flexibility index (Phi) is 7.44. The van der Waals surface area contributed by atoms with Crippen molar-refractivity contribution in [3.8, 4) is 11.4 Å². The number of hydrogen-bond donors (Lipinski definition) is 1. The average Bonchev–Trinajstić information content (AvgIpc) is 3.48. The molecule has 0 atom stereocenters. The predicted molar refractivity (Wildman–Crippen MR) is 155 cm³/mol. The van der Waals surface area contributed by atoms with E-state index in [1.165, 1.54) is 23.5 Å². The molecular weight excluding hydrogens is 536 g/mol. The van der Waals surface area contributed by atoms with E-state index in [4.69, 9.17) is 16.3 Å². The molecule has 39 heavy (non-hydrogen) atoms. The summed E-state index contributed by atoms with van der Waals surface area (Å²) in [4.78, 5) is 23.6. The zero-order valence-corrected chi connectivity index (χ0v) is 22.6. The lowest BCUT2D eigenvalue weighted by molar-refractivity contribution is -0.384. The zero-order chi connectivity index (χ0) is 27.5. The summed E-state index contributed by atoms with van der Waals surface area (Å²) in [6.07, 6.45) is 1.61. The molecular formula is C29H23ClN4O4S. The first-order valence-electron chi connectivity index (χ1n) is 12.0. The van der Waals surface area contributed by atoms with Crippen molar-refractivity contribution in [2.24, 2.45) is 5.10 Å². The number of aromatic nitrogens is 1. The summed E-state index contributed by atoms with van der Waals surface area (Å²) in [6.45, 7) is 4.44. The maximum absolute atomic E-state index is 12.6. The van der Waals surface area contributed by atoms with Crippen molar-refractivity contribution in [3.63, 3.8) is 0 Å². The standard InChI is InChI=1S/C29H23ClN4O4S/c1-18-13-22(16-31-32-29(35)28-15-21-14-25(34(36)37)9-12-27(21)39-28)19(2)33(18)24-7-10-26(11-8-24)38-17-20-3-5-23(30)6-4-20/h3-16H,17H2,1-2H3,(H,32,35)/b31-16-. The quantitative estimate of drug-likeness (QED) is 0.123. The number of rotatable bonds is 8. The monoisotopic (exact) mass is 558 g/mol. The molecule has 0 saturated carbocycles. The molecule has 2 aromatic heterocycles. The highest BCUT2D eigenvalue weighted by Gasteiger charge is 2.14. The van der Waals surface area contributed by atoms with Gasteiger partial charge in [-0.05, 0) is 74.0 Å². The number of nitro groups is 1. The van der Waals surface area contributed by atoms with Gasteiger partial charge in [0.1, 0.15) is 12.4 Å². The third-order valence-corrected chi connectivity index (χ3v) is 7.56. The van der Waals surface area contributed by atoms with E-state index in [0.717, 1.165) is 38.7 Å². The topological polar surface area (TPSA) is 98.8 Å². The largest absolute Gasteiger partial charge is 0.489 e. The number of nitrogens with zero attached hydrogens (tertiary/aromatic N) is 3. The SMILES string of the molecule is Cc1cc(/C=N\NC(=O)c2cc3cc([N+](=O)[O-])ccc3s2)c(C)n1-c1ccc(OCc2ccc(Cl)cc2)cc1. The van der Waals surface area contributed by atoms with Crippen LogP contribution in [-0.4, -0.2) is 21.6 Å². The Balaban J connectivity index is 1.24. The maximum atomic E-state index is 12.6. The molecule has 0 aliphatic rings. The second kappa shape index (κ2) is 11.1. The van der Waals surface area contributed by atoms with E-state index in [2.05, 4.69) is 15.1 Å². The fraction of sp³-hybridized carbons (Fsp3) is 0.103. The number of nitro benzene ring substituents is 1. The van der Waals surface area contributed by atoms with Crippen LogP contribution < -0.4 is 10.2 Å². The van der Waals surface area contributed by atoms with Gasteiger partial charge in [-0.15, -0.1) is 11.3 Å². The van der Waals surface area contributed by atoms with Gasteiger partial charge in [-0.1, -0.05) is 23.7 Å². The minimum absolute atomic E-state index is 0.0132. The van der Waals surface area contributed by atoms with Crippen LogP contribution in [0.5, 0.6) is 5.75 Å². The first kappa shape index (κ1) is 26.1. The van der Waals surface area contributed by atoms with Gasteiger partial charge in [0.2, 0.25) is 0 Å². The highest BCUT2D eigenvalue weighted by molar-refractivity contribution is 7.20. The molecule has 5 rings (SSSR count). The molecule has 8 nitrogen and oxygen atoms in total. The Hall–Kier alpha value is -4.47. The number of ether oxygens (including phenoxy) is 1. The maximum Gasteiger partial charge on any atom is 0.281 e. The second-order valence-corrected chi connectivity index (χ2v) is 10.4. The fourth-order valence-electron chi connectivity index (χ4n) is 4.23. The molecule has 0 unspecified atom stereocenters. The molecule has 0 fully saturated rings. The Bertz CT molecular complexity index is 1710. The number of benzene rings is 3. The highest BCUT2D eigenvalue weighted by Crippen LogP contribution is 2.29. The number of carbonyl (C=O) groups is 1. The van der Waals surface area contributed by atoms with Crippen molar-refractivity contribution in [2.75, 3.05) is 0 Å². The first-order valence-corrected chi connectivity index (χ1v) is 13.2. The fourth-order valence-corrected chi connectivity index (χ4v) is 5.29. The third kappa shape index (κ3) is 5.84. The number of aryl methyl sites for hydroxylation is 1. The lowest BCUT2D eigenvalue weighted by atomic mass is 10.2. The summed E-state index contributed by atoms with van der Waals surface area (Å²) in [5.41, 5.74) is 7.40. The number of hydrazone groups is 1. The van der Waals surface area contributed by atoms with Crippen molar-refractivity contribution in [2.45, 2.75) is 20.5 Å². The number of hydrogen-bond acceptors (Lipinski definition) is 6. The van der Waals surface area contributed by atoms with Gasteiger partial charge in [-0.3, -0.25) is 14.9 Å². The molecule has 0 aliphatic heterocycles. The molecule has 3 aromatic carbocycles. The third-order valence-electron chi connectivity index (χ3n) is 6.19. The predicted octanol–water partition coefficient (Wildman–Crippen LogP) is 7.21. The van der Waals surface area contributed by atoms with Crippen LogP contribution in [0.2, 0.25) is 5.02 Å². The minimum atomic E-state index is -0.456. The van der Waals surface area contributed by atoms with E-state index in [-0.39, 0.29) is 11.6 Å². The molecule has 0 aliphatic carbocycles. The Labute approximate surface area is 233 Å². The average molecular weight is 559 g/mol. The number of halogens is 1. The lowest BCUT2D eigenvalue weighted by Crippen LogP contribution is -2.16. The van der Waals surface area contributed by atoms with E-state index < -0.39 is 4.92 Å². The number of carbonyl (C=O) groups excluding carboxylic acids is 1. The molecule has 1 amide bonds. The summed E-state index contributed by atoms with van der Waals surface area (Å²) in [7, 11) is 0. The van der Waals surface area contributed by atoms with Gasteiger partial charge in [-0.25, -0.2) is 5.43 Å². The molecule has 0 bridgehead atoms. The van der Waals surface area contributed by atoms with Crippen LogP contribution in [0.15, 0.2) is 84.0 Å². The van der Waals surface area contributed by atoms with Crippen LogP contribution in [0.3, 0.4) is 0 Å². The zero-order valence-electron chi connectivity index (χ0n) is 21.1. The van der Waals surface area contributed by atoms with Crippen LogP contribution in [0.4, 0.5) is 5.69 Å². The van der Waals surface area contributed by atoms with Crippen LogP contribution in [0.25, 0.3) is 15.8 Å². The number of non-ortho nitro benzene ring substituents is 1. The minimum Gasteiger partial charge on any atom is -0.489 e. The normalized spacial score (nSPS) is 11.3. The second-order valence-electron chi connectivity index (χ2n) is 8.86. The molecule has 1 N–H and O–H groups in total. The molecule has 0 saturated heterocycles. The van der Waals surface area contributed by atoms with Crippen molar-refractivity contribution in [1.82, 2.24) is 9.99 Å². The first-order chi connectivity index (χ1) is 18.8. The van der Waals surface area contributed by atoms with Crippen molar-refractivity contribution < 1.29 is 14.5 Å². The van der Waals surface area contributed by atoms with Gasteiger partial charge in [0.15, 0.2) is 0 Å². The summed E-state index contributed by atoms with van der Waals surface area (Å²) < 4.78 is 8.79. The summed E-state index contributed by atoms with van der Waals surface area (Å²) in [5, 5.41) is 16.5. The van der Waals surface area contributed by atoms with Gasteiger partial charge in [0, 0.05) is 49.9 Å². The van der Waals surface area contributed by atoms with Gasteiger partial charge >= 0.3 is 0 Å². The molecule has 10 heteroatoms. The number of nitrogens with one attached hydrogen (secondary N) is 1. The summed E-state index contributed by atoms with van der Waals surface area (Å²) in [5.74, 6) is 0.384. The van der Waals surface area contributed by atoms with Crippen LogP contribution in [-0.2, 0) is 6.61 Å². The summed E-state index contributed by atoms with van der Waals surface area (Å²) >= 11 is 7.19. The molecule has 5 aromatic rings. The number of fused-ring (bicyclic) bond motifs is 1. The van der Waals surface area contributed by atoms with E-state index in [1.807, 2.05) is 68.4 Å². The molecule has 0 spiro atoms. The van der Waals surface area contributed by atoms with E-state index >= 15 is 0 Å². The lowest BCUT2D eigenvalue weighted by Gasteiger charge is -2.11. The Morgan fingerprint density at radius 3 is 2.54 bits per heavy atom. The van der Waals surface area contributed by atoms with Crippen molar-refractivity contribution in [3.05, 3.63) is 121 Å². The number of thiophene rings is 1. The smallest absolute Gasteiger partial charge is 0.281 e. The van der Waals surface area contributed by atoms with Gasteiger partial charge in [0.05, 0.1) is 16.0 Å². The van der Waals surface area contributed by atoms with E-state index in [1.54, 1.807) is 18.3 Å². The van der Waals surface area contributed by atoms with Crippen molar-refractivity contribution >= 4 is 50.8 Å². The van der Waals surface area contributed by atoms with Crippen LogP contribution in [0.1, 0.15) is 32.2 Å².